The molecule has 0 unspecified atom stereocenters. The van der Waals surface area contributed by atoms with Gasteiger partial charge in [-0.3, -0.25) is 4.79 Å². The van der Waals surface area contributed by atoms with Crippen molar-refractivity contribution in [1.29, 1.82) is 0 Å². The van der Waals surface area contributed by atoms with E-state index in [0.29, 0.717) is 5.57 Å². The Morgan fingerprint density at radius 2 is 2.40 bits per heavy atom. The highest BCUT2D eigenvalue weighted by atomic mass is 16.3. The smallest absolute Gasteiger partial charge is 0.247 e. The zero-order valence-electron chi connectivity index (χ0n) is 5.92. The maximum Gasteiger partial charge on any atom is 0.247 e. The van der Waals surface area contributed by atoms with Crippen LogP contribution in [0.15, 0.2) is 24.4 Å². The fraction of sp³-hybridized carbons (Fsp3) is 0.286. The molecule has 0 aliphatic heterocycles. The fourth-order valence-corrected chi connectivity index (χ4v) is 0.299. The monoisotopic (exact) mass is 141 g/mol. The molecule has 0 aliphatic rings. The molecular weight excluding hydrogens is 130 g/mol. The maximum atomic E-state index is 10.5. The highest BCUT2D eigenvalue weighted by molar-refractivity contribution is 5.87. The Balaban J connectivity index is 3.71. The van der Waals surface area contributed by atoms with Gasteiger partial charge in [-0.25, -0.2) is 0 Å². The molecule has 0 radical (unpaired) electrons. The minimum Gasteiger partial charge on any atom is -0.392 e. The van der Waals surface area contributed by atoms with E-state index in [0.717, 1.165) is 0 Å². The number of hydrogen-bond donors (Lipinski definition) is 2. The van der Waals surface area contributed by atoms with Crippen LogP contribution in [0.1, 0.15) is 6.92 Å². The number of rotatable bonds is 3. The van der Waals surface area contributed by atoms with Crippen LogP contribution in [0.2, 0.25) is 0 Å². The van der Waals surface area contributed by atoms with Crippen molar-refractivity contribution < 1.29 is 9.90 Å². The highest BCUT2D eigenvalue weighted by Gasteiger charge is 1.88. The van der Waals surface area contributed by atoms with Crippen LogP contribution < -0.4 is 5.32 Å². The molecule has 1 amide bonds. The van der Waals surface area contributed by atoms with E-state index in [1.165, 1.54) is 12.3 Å². The lowest BCUT2D eigenvalue weighted by molar-refractivity contribution is -0.115. The molecule has 56 valence electrons. The molecule has 0 atom stereocenters. The molecule has 0 bridgehead atoms. The van der Waals surface area contributed by atoms with Gasteiger partial charge in [0.25, 0.3) is 0 Å². The number of aliphatic hydroxyl groups is 1. The summed E-state index contributed by atoms with van der Waals surface area (Å²) >= 11 is 0. The van der Waals surface area contributed by atoms with Gasteiger partial charge in [0.05, 0.1) is 6.61 Å². The molecule has 3 heteroatoms. The fourth-order valence-electron chi connectivity index (χ4n) is 0.299. The Morgan fingerprint density at radius 3 is 2.80 bits per heavy atom. The SMILES string of the molecule is C=CC(=O)NC=C(C)CO. The Bertz CT molecular complexity index is 161. The number of hydrogen-bond acceptors (Lipinski definition) is 2. The van der Waals surface area contributed by atoms with Gasteiger partial charge in [0.1, 0.15) is 0 Å². The first kappa shape index (κ1) is 8.91. The molecule has 0 aromatic heterocycles. The second-order valence-corrected chi connectivity index (χ2v) is 1.86. The molecule has 2 N–H and O–H groups in total. The average molecular weight is 141 g/mol. The van der Waals surface area contributed by atoms with Crippen LogP contribution in [-0.4, -0.2) is 17.6 Å². The summed E-state index contributed by atoms with van der Waals surface area (Å²) < 4.78 is 0. The molecule has 0 fully saturated rings. The third-order valence-electron chi connectivity index (χ3n) is 0.896. The zero-order chi connectivity index (χ0) is 7.98. The highest BCUT2D eigenvalue weighted by Crippen LogP contribution is 1.84. The average Bonchev–Trinajstić information content (AvgIpc) is 1.99. The number of amides is 1. The molecule has 0 heterocycles. The van der Waals surface area contributed by atoms with E-state index < -0.39 is 0 Å². The van der Waals surface area contributed by atoms with E-state index in [1.54, 1.807) is 6.92 Å². The second kappa shape index (κ2) is 4.76. The van der Waals surface area contributed by atoms with Crippen LogP contribution >= 0.6 is 0 Å². The van der Waals surface area contributed by atoms with Crippen LogP contribution in [-0.2, 0) is 4.79 Å². The number of carbonyl (C=O) groups excluding carboxylic acids is 1. The third-order valence-corrected chi connectivity index (χ3v) is 0.896. The lowest BCUT2D eigenvalue weighted by atomic mass is 10.3. The molecular formula is C7H11NO2. The van der Waals surface area contributed by atoms with E-state index in [4.69, 9.17) is 5.11 Å². The molecule has 3 nitrogen and oxygen atoms in total. The van der Waals surface area contributed by atoms with Crippen molar-refractivity contribution in [3.8, 4) is 0 Å². The summed E-state index contributed by atoms with van der Waals surface area (Å²) in [7, 11) is 0. The summed E-state index contributed by atoms with van der Waals surface area (Å²) in [6.45, 7) is 4.93. The molecule has 0 aromatic carbocycles. The summed E-state index contributed by atoms with van der Waals surface area (Å²) in [5.74, 6) is -0.271. The lowest BCUT2D eigenvalue weighted by Crippen LogP contribution is -2.14. The first-order valence-electron chi connectivity index (χ1n) is 2.90. The normalized spacial score (nSPS) is 10.8. The van der Waals surface area contributed by atoms with Crippen LogP contribution in [0.3, 0.4) is 0 Å². The largest absolute Gasteiger partial charge is 0.392 e. The Kier molecular flexibility index (Phi) is 4.24. The Morgan fingerprint density at radius 1 is 1.80 bits per heavy atom. The molecule has 0 saturated carbocycles. The van der Waals surface area contributed by atoms with E-state index >= 15 is 0 Å². The third kappa shape index (κ3) is 3.86. The van der Waals surface area contributed by atoms with E-state index in [9.17, 15) is 4.79 Å². The standard InChI is InChI=1S/C7H11NO2/c1-3-7(10)8-4-6(2)5-9/h3-4,9H,1,5H2,2H3,(H,8,10). The summed E-state index contributed by atoms with van der Waals surface area (Å²) in [4.78, 5) is 10.5. The van der Waals surface area contributed by atoms with Crippen molar-refractivity contribution in [1.82, 2.24) is 5.32 Å². The van der Waals surface area contributed by atoms with Crippen LogP contribution in [0.4, 0.5) is 0 Å². The number of aliphatic hydroxyl groups excluding tert-OH is 1. The van der Waals surface area contributed by atoms with Crippen molar-refractivity contribution in [2.45, 2.75) is 6.92 Å². The summed E-state index contributed by atoms with van der Waals surface area (Å²) in [6.07, 6.45) is 2.62. The molecule has 0 saturated heterocycles. The summed E-state index contributed by atoms with van der Waals surface area (Å²) in [5.41, 5.74) is 0.704. The van der Waals surface area contributed by atoms with Gasteiger partial charge < -0.3 is 10.4 Å². The van der Waals surface area contributed by atoms with Gasteiger partial charge >= 0.3 is 0 Å². The minimum atomic E-state index is -0.271. The quantitative estimate of drug-likeness (QED) is 0.551. The van der Waals surface area contributed by atoms with Gasteiger partial charge in [0.15, 0.2) is 0 Å². The first-order valence-corrected chi connectivity index (χ1v) is 2.90. The maximum absolute atomic E-state index is 10.5. The molecule has 0 aromatic rings. The minimum absolute atomic E-state index is 0.0442. The molecule has 0 spiro atoms. The van der Waals surface area contributed by atoms with E-state index in [2.05, 4.69) is 11.9 Å². The summed E-state index contributed by atoms with van der Waals surface area (Å²) in [5, 5.41) is 10.9. The van der Waals surface area contributed by atoms with Crippen molar-refractivity contribution >= 4 is 5.91 Å². The number of nitrogens with one attached hydrogen (secondary N) is 1. The van der Waals surface area contributed by atoms with Crippen LogP contribution in [0, 0.1) is 0 Å². The first-order chi connectivity index (χ1) is 4.70. The molecule has 0 aliphatic carbocycles. The molecule has 10 heavy (non-hydrogen) atoms. The predicted octanol–water partition coefficient (Wildman–Crippen LogP) is 0.185. The Hall–Kier alpha value is -1.09. The van der Waals surface area contributed by atoms with Gasteiger partial charge in [0, 0.05) is 6.20 Å². The van der Waals surface area contributed by atoms with Crippen molar-refractivity contribution in [3.63, 3.8) is 0 Å². The van der Waals surface area contributed by atoms with Gasteiger partial charge in [-0.05, 0) is 18.6 Å². The van der Waals surface area contributed by atoms with Crippen molar-refractivity contribution in [2.75, 3.05) is 6.61 Å². The lowest BCUT2D eigenvalue weighted by Gasteiger charge is -1.94. The number of carbonyl (C=O) groups is 1. The van der Waals surface area contributed by atoms with Gasteiger partial charge in [-0.1, -0.05) is 6.58 Å². The van der Waals surface area contributed by atoms with Crippen LogP contribution in [0.5, 0.6) is 0 Å². The zero-order valence-corrected chi connectivity index (χ0v) is 5.92. The Labute approximate surface area is 60.1 Å². The molecule has 0 rings (SSSR count). The van der Waals surface area contributed by atoms with Crippen molar-refractivity contribution in [3.05, 3.63) is 24.4 Å². The second-order valence-electron chi connectivity index (χ2n) is 1.86. The van der Waals surface area contributed by atoms with E-state index in [1.807, 2.05) is 0 Å². The van der Waals surface area contributed by atoms with E-state index in [-0.39, 0.29) is 12.5 Å². The van der Waals surface area contributed by atoms with Gasteiger partial charge in [-0.2, -0.15) is 0 Å². The predicted molar refractivity (Wildman–Crippen MR) is 39.2 cm³/mol. The summed E-state index contributed by atoms with van der Waals surface area (Å²) in [6, 6.07) is 0. The van der Waals surface area contributed by atoms with Crippen LogP contribution in [0.25, 0.3) is 0 Å². The van der Waals surface area contributed by atoms with Gasteiger partial charge in [0.2, 0.25) is 5.91 Å². The topological polar surface area (TPSA) is 49.3 Å². The van der Waals surface area contributed by atoms with Crippen molar-refractivity contribution in [2.24, 2.45) is 0 Å². The van der Waals surface area contributed by atoms with Gasteiger partial charge in [-0.15, -0.1) is 0 Å².